The van der Waals surface area contributed by atoms with Crippen molar-refractivity contribution in [2.45, 2.75) is 0 Å². The highest BCUT2D eigenvalue weighted by Crippen LogP contribution is 2.19. The summed E-state index contributed by atoms with van der Waals surface area (Å²) in [4.78, 5) is 44.9. The van der Waals surface area contributed by atoms with Crippen LogP contribution in [0.25, 0.3) is 21.3 Å². The summed E-state index contributed by atoms with van der Waals surface area (Å²) in [6.45, 7) is -0.375. The third-order valence-corrected chi connectivity index (χ3v) is 4.53. The molecule has 4 rings (SSSR count). The van der Waals surface area contributed by atoms with Crippen LogP contribution in [0.2, 0.25) is 0 Å². The van der Waals surface area contributed by atoms with Crippen molar-refractivity contribution in [3.8, 4) is 0 Å². The SMILES string of the molecule is O=C(COC(=O)c1ccc2ncsc2c1)c1ccc2[nH]c(=O)[nH]c2c1. The third-order valence-electron chi connectivity index (χ3n) is 3.74. The van der Waals surface area contributed by atoms with Gasteiger partial charge in [-0.15, -0.1) is 11.3 Å². The number of Topliss-reactive ketones (excluding diaryl/α,β-unsaturated/α-hetero) is 1. The standard InChI is InChI=1S/C17H11N3O4S/c21-14(9-1-3-11-13(5-9)20-17(23)19-11)7-24-16(22)10-2-4-12-15(6-10)25-8-18-12/h1-6,8H,7H2,(H2,19,20,23). The average molecular weight is 353 g/mol. The number of esters is 1. The van der Waals surface area contributed by atoms with E-state index in [-0.39, 0.29) is 18.1 Å². The van der Waals surface area contributed by atoms with Crippen molar-refractivity contribution in [3.05, 3.63) is 63.5 Å². The van der Waals surface area contributed by atoms with Gasteiger partial charge in [0, 0.05) is 5.56 Å². The molecule has 2 heterocycles. The first-order valence-corrected chi connectivity index (χ1v) is 8.24. The van der Waals surface area contributed by atoms with Crippen LogP contribution >= 0.6 is 11.3 Å². The van der Waals surface area contributed by atoms with Crippen molar-refractivity contribution in [2.75, 3.05) is 6.61 Å². The number of hydrogen-bond donors (Lipinski definition) is 2. The van der Waals surface area contributed by atoms with Gasteiger partial charge in [-0.05, 0) is 36.4 Å². The monoisotopic (exact) mass is 353 g/mol. The molecule has 124 valence electrons. The topological polar surface area (TPSA) is 105 Å². The van der Waals surface area contributed by atoms with Crippen LogP contribution in [0.4, 0.5) is 0 Å². The molecule has 0 atom stereocenters. The van der Waals surface area contributed by atoms with Gasteiger partial charge in [0.25, 0.3) is 0 Å². The maximum atomic E-state index is 12.2. The highest BCUT2D eigenvalue weighted by Gasteiger charge is 2.13. The van der Waals surface area contributed by atoms with E-state index in [1.165, 1.54) is 11.3 Å². The van der Waals surface area contributed by atoms with Crippen molar-refractivity contribution >= 4 is 44.3 Å². The Morgan fingerprint density at radius 2 is 1.84 bits per heavy atom. The van der Waals surface area contributed by atoms with Gasteiger partial charge >= 0.3 is 11.7 Å². The van der Waals surface area contributed by atoms with Gasteiger partial charge in [0.1, 0.15) is 0 Å². The molecule has 2 aromatic heterocycles. The Hall–Kier alpha value is -3.26. The Kier molecular flexibility index (Phi) is 3.66. The summed E-state index contributed by atoms with van der Waals surface area (Å²) in [6, 6.07) is 9.79. The van der Waals surface area contributed by atoms with Gasteiger partial charge in [0.15, 0.2) is 12.4 Å². The van der Waals surface area contributed by atoms with E-state index in [4.69, 9.17) is 4.74 Å². The number of carbonyl (C=O) groups is 2. The Bertz CT molecular complexity index is 1170. The van der Waals surface area contributed by atoms with Gasteiger partial charge in [-0.25, -0.2) is 14.6 Å². The lowest BCUT2D eigenvalue weighted by molar-refractivity contribution is 0.0475. The fourth-order valence-corrected chi connectivity index (χ4v) is 3.20. The summed E-state index contributed by atoms with van der Waals surface area (Å²) in [6.07, 6.45) is 0. The van der Waals surface area contributed by atoms with Crippen molar-refractivity contribution in [2.24, 2.45) is 0 Å². The maximum Gasteiger partial charge on any atom is 0.338 e. The number of ketones is 1. The summed E-state index contributed by atoms with van der Waals surface area (Å²) >= 11 is 1.43. The molecule has 0 radical (unpaired) electrons. The van der Waals surface area contributed by atoms with E-state index in [0.717, 1.165) is 10.2 Å². The number of carbonyl (C=O) groups excluding carboxylic acids is 2. The number of fused-ring (bicyclic) bond motifs is 2. The van der Waals surface area contributed by atoms with Gasteiger partial charge < -0.3 is 14.7 Å². The highest BCUT2D eigenvalue weighted by molar-refractivity contribution is 7.16. The summed E-state index contributed by atoms with van der Waals surface area (Å²) in [5, 5.41) is 0. The van der Waals surface area contributed by atoms with Gasteiger partial charge in [0.2, 0.25) is 0 Å². The maximum absolute atomic E-state index is 12.2. The van der Waals surface area contributed by atoms with E-state index < -0.39 is 5.97 Å². The number of aromatic amines is 2. The van der Waals surface area contributed by atoms with E-state index in [9.17, 15) is 14.4 Å². The Labute approximate surface area is 144 Å². The van der Waals surface area contributed by atoms with Crippen LogP contribution in [0, 0.1) is 0 Å². The molecule has 7 nitrogen and oxygen atoms in total. The lowest BCUT2D eigenvalue weighted by Gasteiger charge is -2.05. The number of benzene rings is 2. The molecule has 0 fully saturated rings. The molecule has 2 N–H and O–H groups in total. The second-order valence-corrected chi connectivity index (χ2v) is 6.26. The largest absolute Gasteiger partial charge is 0.454 e. The molecule has 25 heavy (non-hydrogen) atoms. The lowest BCUT2D eigenvalue weighted by Crippen LogP contribution is -2.14. The van der Waals surface area contributed by atoms with Crippen LogP contribution in [0.15, 0.2) is 46.7 Å². The quantitative estimate of drug-likeness (QED) is 0.433. The number of nitrogens with one attached hydrogen (secondary N) is 2. The summed E-state index contributed by atoms with van der Waals surface area (Å²) in [5.41, 5.74) is 4.03. The number of rotatable bonds is 4. The molecule has 4 aromatic rings. The minimum absolute atomic E-state index is 0.343. The van der Waals surface area contributed by atoms with Crippen LogP contribution in [-0.2, 0) is 4.74 Å². The number of hydrogen-bond acceptors (Lipinski definition) is 6. The molecule has 0 spiro atoms. The Morgan fingerprint density at radius 1 is 1.04 bits per heavy atom. The van der Waals surface area contributed by atoms with Crippen LogP contribution in [-0.4, -0.2) is 33.3 Å². The number of H-pyrrole nitrogens is 2. The zero-order chi connectivity index (χ0) is 17.4. The van der Waals surface area contributed by atoms with E-state index in [1.807, 2.05) is 0 Å². The minimum atomic E-state index is -0.570. The first-order valence-electron chi connectivity index (χ1n) is 7.36. The summed E-state index contributed by atoms with van der Waals surface area (Å²) in [7, 11) is 0. The van der Waals surface area contributed by atoms with Crippen molar-refractivity contribution in [3.63, 3.8) is 0 Å². The molecular formula is C17H11N3O4S. The average Bonchev–Trinajstić information content (AvgIpc) is 3.22. The Balaban J connectivity index is 1.48. The van der Waals surface area contributed by atoms with E-state index in [2.05, 4.69) is 15.0 Å². The highest BCUT2D eigenvalue weighted by atomic mass is 32.1. The van der Waals surface area contributed by atoms with Crippen LogP contribution in [0.5, 0.6) is 0 Å². The van der Waals surface area contributed by atoms with Crippen molar-refractivity contribution < 1.29 is 14.3 Å². The van der Waals surface area contributed by atoms with Gasteiger partial charge in [-0.3, -0.25) is 4.79 Å². The Morgan fingerprint density at radius 3 is 2.72 bits per heavy atom. The predicted octanol–water partition coefficient (Wildman–Crippen LogP) is 2.51. The van der Waals surface area contributed by atoms with Gasteiger partial charge in [-0.2, -0.15) is 0 Å². The molecule has 0 saturated carbocycles. The predicted molar refractivity (Wildman–Crippen MR) is 93.2 cm³/mol. The van der Waals surface area contributed by atoms with Crippen molar-refractivity contribution in [1.29, 1.82) is 0 Å². The lowest BCUT2D eigenvalue weighted by atomic mass is 10.1. The fourth-order valence-electron chi connectivity index (χ4n) is 2.49. The fraction of sp³-hybridized carbons (Fsp3) is 0.0588. The molecule has 0 unspecified atom stereocenters. The molecule has 0 bridgehead atoms. The second kappa shape index (κ2) is 5.99. The van der Waals surface area contributed by atoms with E-state index >= 15 is 0 Å². The smallest absolute Gasteiger partial charge is 0.338 e. The zero-order valence-electron chi connectivity index (χ0n) is 12.7. The molecular weight excluding hydrogens is 342 g/mol. The first kappa shape index (κ1) is 15.3. The molecule has 0 saturated heterocycles. The molecule has 8 heteroatoms. The molecule has 2 aromatic carbocycles. The van der Waals surface area contributed by atoms with E-state index in [1.54, 1.807) is 41.9 Å². The first-order chi connectivity index (χ1) is 12.1. The molecule has 0 amide bonds. The minimum Gasteiger partial charge on any atom is -0.454 e. The van der Waals surface area contributed by atoms with Crippen molar-refractivity contribution in [1.82, 2.24) is 15.0 Å². The number of aromatic nitrogens is 3. The number of imidazole rings is 1. The second-order valence-electron chi connectivity index (χ2n) is 5.37. The zero-order valence-corrected chi connectivity index (χ0v) is 13.6. The van der Waals surface area contributed by atoms with E-state index in [0.29, 0.717) is 22.2 Å². The molecule has 0 aliphatic rings. The number of ether oxygens (including phenoxy) is 1. The van der Waals surface area contributed by atoms with Gasteiger partial charge in [0.05, 0.1) is 32.3 Å². The summed E-state index contributed by atoms with van der Waals surface area (Å²) in [5.74, 6) is -0.920. The van der Waals surface area contributed by atoms with Crippen LogP contribution < -0.4 is 5.69 Å². The third kappa shape index (κ3) is 2.94. The van der Waals surface area contributed by atoms with Crippen LogP contribution in [0.1, 0.15) is 20.7 Å². The number of nitrogens with zero attached hydrogens (tertiary/aromatic N) is 1. The number of thiazole rings is 1. The van der Waals surface area contributed by atoms with Gasteiger partial charge in [-0.1, -0.05) is 0 Å². The normalized spacial score (nSPS) is 11.0. The molecule has 0 aliphatic heterocycles. The van der Waals surface area contributed by atoms with Crippen LogP contribution in [0.3, 0.4) is 0 Å². The molecule has 0 aliphatic carbocycles. The summed E-state index contributed by atoms with van der Waals surface area (Å²) < 4.78 is 5.98.